The number of carbonyl (C=O) groups is 1. The predicted molar refractivity (Wildman–Crippen MR) is 106 cm³/mol. The molecule has 9 nitrogen and oxygen atoms in total. The monoisotopic (exact) mass is 507 g/mol. The topological polar surface area (TPSA) is 125 Å². The second-order valence-corrected chi connectivity index (χ2v) is 9.43. The molecule has 15 heteroatoms. The smallest absolute Gasteiger partial charge is 0.405 e. The molecule has 2 aromatic rings. The number of amides is 1. The Labute approximate surface area is 189 Å². The number of anilines is 1. The molecule has 0 radical (unpaired) electrons. The molecule has 0 bridgehead atoms. The third-order valence-electron chi connectivity index (χ3n) is 4.56. The second kappa shape index (κ2) is 9.36. The van der Waals surface area contributed by atoms with Crippen molar-refractivity contribution in [3.63, 3.8) is 0 Å². The van der Waals surface area contributed by atoms with Crippen LogP contribution in [0.5, 0.6) is 5.75 Å². The van der Waals surface area contributed by atoms with E-state index < -0.39 is 39.7 Å². The Kier molecular flexibility index (Phi) is 6.94. The molecule has 176 valence electrons. The van der Waals surface area contributed by atoms with Gasteiger partial charge in [-0.1, -0.05) is 11.6 Å². The fourth-order valence-electron chi connectivity index (χ4n) is 3.08. The molecule has 0 unspecified atom stereocenters. The zero-order chi connectivity index (χ0) is 24.4. The SMILES string of the molecule is N#Cc1ncc(OC(=O)NCC(F)(F)F)c(N2CC[C@H](S(=O)(=O)c3ccc(F)cc3Cl)C2)n1. The van der Waals surface area contributed by atoms with E-state index in [0.717, 1.165) is 24.4 Å². The summed E-state index contributed by atoms with van der Waals surface area (Å²) in [5, 5.41) is 9.28. The van der Waals surface area contributed by atoms with Gasteiger partial charge in [0.25, 0.3) is 0 Å². The molecule has 33 heavy (non-hydrogen) atoms. The van der Waals surface area contributed by atoms with E-state index in [2.05, 4.69) is 9.97 Å². The van der Waals surface area contributed by atoms with Gasteiger partial charge in [-0.3, -0.25) is 0 Å². The van der Waals surface area contributed by atoms with E-state index in [1.54, 1.807) is 6.07 Å². The molecule has 0 aliphatic carbocycles. The van der Waals surface area contributed by atoms with Crippen molar-refractivity contribution in [1.29, 1.82) is 5.26 Å². The van der Waals surface area contributed by atoms with Crippen molar-refractivity contribution >= 4 is 33.3 Å². The number of nitrogens with zero attached hydrogens (tertiary/aromatic N) is 4. The van der Waals surface area contributed by atoms with Crippen LogP contribution in [0.4, 0.5) is 28.2 Å². The zero-order valence-electron chi connectivity index (χ0n) is 16.4. The summed E-state index contributed by atoms with van der Waals surface area (Å²) in [6, 6.07) is 4.55. The van der Waals surface area contributed by atoms with Gasteiger partial charge < -0.3 is 15.0 Å². The normalized spacial score (nSPS) is 16.4. The lowest BCUT2D eigenvalue weighted by molar-refractivity contribution is -0.123. The summed E-state index contributed by atoms with van der Waals surface area (Å²) in [6.45, 7) is -1.72. The van der Waals surface area contributed by atoms with Crippen LogP contribution in [-0.2, 0) is 9.84 Å². The summed E-state index contributed by atoms with van der Waals surface area (Å²) in [6.07, 6.45) is -5.10. The summed E-state index contributed by atoms with van der Waals surface area (Å²) < 4.78 is 81.0. The fraction of sp³-hybridized carbons (Fsp3) is 0.333. The minimum Gasteiger partial charge on any atom is -0.405 e. The molecule has 1 fully saturated rings. The molecular formula is C18H14ClF4N5O4S. The van der Waals surface area contributed by atoms with Gasteiger partial charge in [-0.2, -0.15) is 23.4 Å². The minimum atomic E-state index is -4.67. The number of nitriles is 1. The largest absolute Gasteiger partial charge is 0.413 e. The average molecular weight is 508 g/mol. The zero-order valence-corrected chi connectivity index (χ0v) is 18.0. The Morgan fingerprint density at radius 1 is 1.39 bits per heavy atom. The number of aromatic nitrogens is 2. The Bertz CT molecular complexity index is 1220. The van der Waals surface area contributed by atoms with E-state index in [4.69, 9.17) is 21.6 Å². The molecule has 1 atom stereocenters. The van der Waals surface area contributed by atoms with Gasteiger partial charge in [-0.05, 0) is 24.6 Å². The van der Waals surface area contributed by atoms with E-state index in [0.29, 0.717) is 0 Å². The number of halogens is 5. The standard InChI is InChI=1S/C18H14ClF4N5O4S/c19-12-5-10(20)1-2-14(12)33(30,31)11-3-4-28(8-11)16-13(7-25-15(6-24)27-16)32-17(29)26-9-18(21,22)23/h1-2,5,7,11H,3-4,8-9H2,(H,26,29)/t11-/m0/s1. The number of benzene rings is 1. The maximum absolute atomic E-state index is 13.3. The molecule has 1 aliphatic heterocycles. The number of alkyl halides is 3. The first-order chi connectivity index (χ1) is 15.4. The van der Waals surface area contributed by atoms with Crippen LogP contribution in [0.25, 0.3) is 0 Å². The lowest BCUT2D eigenvalue weighted by Crippen LogP contribution is -2.36. The maximum atomic E-state index is 13.3. The van der Waals surface area contributed by atoms with Gasteiger partial charge in [0.2, 0.25) is 5.82 Å². The second-order valence-electron chi connectivity index (χ2n) is 6.83. The molecule has 1 amide bonds. The Morgan fingerprint density at radius 2 is 2.12 bits per heavy atom. The van der Waals surface area contributed by atoms with Crippen molar-refractivity contribution < 1.29 is 35.5 Å². The molecular weight excluding hydrogens is 494 g/mol. The van der Waals surface area contributed by atoms with E-state index in [-0.39, 0.29) is 46.8 Å². The van der Waals surface area contributed by atoms with Gasteiger partial charge in [0.1, 0.15) is 18.4 Å². The molecule has 1 aliphatic rings. The number of sulfone groups is 1. The highest BCUT2D eigenvalue weighted by atomic mass is 35.5. The molecule has 1 aromatic carbocycles. The quantitative estimate of drug-likeness (QED) is 0.484. The van der Waals surface area contributed by atoms with E-state index in [1.807, 2.05) is 0 Å². The third kappa shape index (κ3) is 5.79. The summed E-state index contributed by atoms with van der Waals surface area (Å²) in [5.41, 5.74) is 0. The van der Waals surface area contributed by atoms with Crippen molar-refractivity contribution in [1.82, 2.24) is 15.3 Å². The van der Waals surface area contributed by atoms with Crippen molar-refractivity contribution in [2.24, 2.45) is 0 Å². The van der Waals surface area contributed by atoms with E-state index in [9.17, 15) is 30.8 Å². The fourth-order valence-corrected chi connectivity index (χ4v) is 5.31. The third-order valence-corrected chi connectivity index (χ3v) is 7.21. The van der Waals surface area contributed by atoms with Crippen LogP contribution in [-0.4, -0.2) is 55.5 Å². The van der Waals surface area contributed by atoms with Gasteiger partial charge in [0.15, 0.2) is 21.4 Å². The molecule has 1 saturated heterocycles. The Balaban J connectivity index is 1.83. The summed E-state index contributed by atoms with van der Waals surface area (Å²) in [4.78, 5) is 20.4. The molecule has 1 aromatic heterocycles. The highest BCUT2D eigenvalue weighted by Gasteiger charge is 2.37. The Hall–Kier alpha value is -3.18. The maximum Gasteiger partial charge on any atom is 0.413 e. The first kappa shape index (κ1) is 24.5. The van der Waals surface area contributed by atoms with Crippen LogP contribution in [0.15, 0.2) is 29.3 Å². The van der Waals surface area contributed by atoms with Crippen LogP contribution >= 0.6 is 11.6 Å². The summed E-state index contributed by atoms with van der Waals surface area (Å²) >= 11 is 5.90. The van der Waals surface area contributed by atoms with Crippen molar-refractivity contribution in [2.75, 3.05) is 24.5 Å². The molecule has 3 rings (SSSR count). The molecule has 1 N–H and O–H groups in total. The highest BCUT2D eigenvalue weighted by molar-refractivity contribution is 7.92. The number of carbonyl (C=O) groups excluding carboxylic acids is 1. The molecule has 2 heterocycles. The number of rotatable bonds is 5. The van der Waals surface area contributed by atoms with Crippen LogP contribution in [0.2, 0.25) is 5.02 Å². The number of nitrogens with one attached hydrogen (secondary N) is 1. The van der Waals surface area contributed by atoms with Crippen LogP contribution < -0.4 is 15.0 Å². The lowest BCUT2D eigenvalue weighted by atomic mass is 10.3. The lowest BCUT2D eigenvalue weighted by Gasteiger charge is -2.20. The van der Waals surface area contributed by atoms with Crippen LogP contribution in [0.1, 0.15) is 12.2 Å². The minimum absolute atomic E-state index is 0.0850. The van der Waals surface area contributed by atoms with Gasteiger partial charge in [-0.15, -0.1) is 0 Å². The number of ether oxygens (including phenoxy) is 1. The van der Waals surface area contributed by atoms with Crippen LogP contribution in [0.3, 0.4) is 0 Å². The first-order valence-corrected chi connectivity index (χ1v) is 11.1. The summed E-state index contributed by atoms with van der Waals surface area (Å²) in [5.74, 6) is -1.55. The summed E-state index contributed by atoms with van der Waals surface area (Å²) in [7, 11) is -4.00. The van der Waals surface area contributed by atoms with Crippen LogP contribution in [0, 0.1) is 17.1 Å². The molecule has 0 saturated carbocycles. The molecule has 0 spiro atoms. The predicted octanol–water partition coefficient (Wildman–Crippen LogP) is 2.84. The average Bonchev–Trinajstić information content (AvgIpc) is 3.23. The number of hydrogen-bond donors (Lipinski definition) is 1. The van der Waals surface area contributed by atoms with E-state index in [1.165, 1.54) is 10.2 Å². The van der Waals surface area contributed by atoms with Gasteiger partial charge in [0.05, 0.1) is 21.4 Å². The number of hydrogen-bond acceptors (Lipinski definition) is 8. The van der Waals surface area contributed by atoms with Gasteiger partial charge in [-0.25, -0.2) is 22.6 Å². The van der Waals surface area contributed by atoms with Gasteiger partial charge >= 0.3 is 12.3 Å². The first-order valence-electron chi connectivity index (χ1n) is 9.14. The highest BCUT2D eigenvalue weighted by Crippen LogP contribution is 2.34. The Morgan fingerprint density at radius 3 is 2.76 bits per heavy atom. The van der Waals surface area contributed by atoms with E-state index >= 15 is 0 Å². The van der Waals surface area contributed by atoms with Crippen molar-refractivity contribution in [3.8, 4) is 11.8 Å². The van der Waals surface area contributed by atoms with Gasteiger partial charge in [0, 0.05) is 13.1 Å². The van der Waals surface area contributed by atoms with Crippen molar-refractivity contribution in [3.05, 3.63) is 41.1 Å². The van der Waals surface area contributed by atoms with Crippen molar-refractivity contribution in [2.45, 2.75) is 22.7 Å².